The Bertz CT molecular complexity index is 773. The van der Waals surface area contributed by atoms with Gasteiger partial charge in [0, 0.05) is 24.0 Å². The Kier molecular flexibility index (Phi) is 4.81. The molecule has 0 N–H and O–H groups in total. The number of aromatic nitrogens is 2. The van der Waals surface area contributed by atoms with Crippen molar-refractivity contribution in [1.29, 1.82) is 0 Å². The lowest BCUT2D eigenvalue weighted by Gasteiger charge is -2.37. The molecular weight excluding hydrogens is 326 g/mol. The molecular formula is C21H27N3O2. The molecule has 26 heavy (non-hydrogen) atoms. The fourth-order valence-corrected chi connectivity index (χ4v) is 4.10. The van der Waals surface area contributed by atoms with E-state index in [-0.39, 0.29) is 6.04 Å². The number of pyridine rings is 2. The molecule has 2 aromatic rings. The van der Waals surface area contributed by atoms with E-state index in [1.807, 2.05) is 6.07 Å². The second kappa shape index (κ2) is 7.23. The predicted molar refractivity (Wildman–Crippen MR) is 101 cm³/mol. The largest absolute Gasteiger partial charge is 0.484 e. The van der Waals surface area contributed by atoms with E-state index < -0.39 is 0 Å². The molecule has 2 aliphatic heterocycles. The molecule has 2 atom stereocenters. The van der Waals surface area contributed by atoms with Crippen LogP contribution in [0.4, 0.5) is 0 Å². The van der Waals surface area contributed by atoms with E-state index in [1.54, 1.807) is 0 Å². The van der Waals surface area contributed by atoms with Crippen molar-refractivity contribution < 1.29 is 9.47 Å². The highest BCUT2D eigenvalue weighted by Crippen LogP contribution is 2.34. The summed E-state index contributed by atoms with van der Waals surface area (Å²) in [6.07, 6.45) is 2.45. The average Bonchev–Trinajstić information content (AvgIpc) is 2.66. The first-order valence-electron chi connectivity index (χ1n) is 9.56. The van der Waals surface area contributed by atoms with Crippen LogP contribution in [0.1, 0.15) is 54.4 Å². The van der Waals surface area contributed by atoms with Gasteiger partial charge in [-0.1, -0.05) is 0 Å². The Morgan fingerprint density at radius 3 is 2.65 bits per heavy atom. The molecule has 1 fully saturated rings. The lowest BCUT2D eigenvalue weighted by molar-refractivity contribution is 0.147. The molecule has 0 aliphatic carbocycles. The van der Waals surface area contributed by atoms with Gasteiger partial charge in [0.05, 0.1) is 5.69 Å². The summed E-state index contributed by atoms with van der Waals surface area (Å²) in [6, 6.07) is 8.81. The zero-order valence-corrected chi connectivity index (χ0v) is 15.9. The maximum atomic E-state index is 5.66. The summed E-state index contributed by atoms with van der Waals surface area (Å²) >= 11 is 0. The molecule has 5 nitrogen and oxygen atoms in total. The summed E-state index contributed by atoms with van der Waals surface area (Å²) in [6.45, 7) is 9.74. The Morgan fingerprint density at radius 1 is 1.08 bits per heavy atom. The minimum absolute atomic E-state index is 0.262. The highest BCUT2D eigenvalue weighted by atomic mass is 16.6. The van der Waals surface area contributed by atoms with Gasteiger partial charge in [0.15, 0.2) is 5.75 Å². The second-order valence-corrected chi connectivity index (χ2v) is 7.43. The first-order chi connectivity index (χ1) is 12.6. The molecule has 0 aromatic carbocycles. The second-order valence-electron chi connectivity index (χ2n) is 7.43. The molecule has 5 heteroatoms. The van der Waals surface area contributed by atoms with E-state index in [9.17, 15) is 0 Å². The molecule has 0 amide bonds. The standard InChI is InChI=1S/C21H27N3O2/c1-14-11-18(12-15(2)22-14)17-5-4-8-24(13-17)16(3)19-6-7-20-21(23-19)26-10-9-25-20/h6-7,11-12,16-17H,4-5,8-10,13H2,1-3H3/t16-,17-/m1/s1. The zero-order valence-electron chi connectivity index (χ0n) is 15.9. The monoisotopic (exact) mass is 353 g/mol. The van der Waals surface area contributed by atoms with Crippen LogP contribution in [0.25, 0.3) is 0 Å². The maximum Gasteiger partial charge on any atom is 0.257 e. The third-order valence-corrected chi connectivity index (χ3v) is 5.43. The Hall–Kier alpha value is -2.14. The molecule has 0 spiro atoms. The molecule has 4 rings (SSSR count). The summed E-state index contributed by atoms with van der Waals surface area (Å²) < 4.78 is 11.3. The molecule has 2 aliphatic rings. The molecule has 0 unspecified atom stereocenters. The summed E-state index contributed by atoms with van der Waals surface area (Å²) in [7, 11) is 0. The van der Waals surface area contributed by atoms with Crippen molar-refractivity contribution in [3.05, 3.63) is 46.9 Å². The number of aryl methyl sites for hydroxylation is 2. The third kappa shape index (κ3) is 3.54. The van der Waals surface area contributed by atoms with E-state index in [4.69, 9.17) is 14.5 Å². The Morgan fingerprint density at radius 2 is 1.85 bits per heavy atom. The quantitative estimate of drug-likeness (QED) is 0.840. The number of ether oxygens (including phenoxy) is 2. The van der Waals surface area contributed by atoms with Crippen LogP contribution in [0.5, 0.6) is 11.6 Å². The normalized spacial score (nSPS) is 21.4. The fraction of sp³-hybridized carbons (Fsp3) is 0.524. The third-order valence-electron chi connectivity index (χ3n) is 5.43. The number of rotatable bonds is 3. The van der Waals surface area contributed by atoms with Crippen LogP contribution < -0.4 is 9.47 Å². The lowest BCUT2D eigenvalue weighted by Crippen LogP contribution is -2.36. The van der Waals surface area contributed by atoms with Gasteiger partial charge in [0.25, 0.3) is 5.88 Å². The van der Waals surface area contributed by atoms with Gasteiger partial charge < -0.3 is 9.47 Å². The van der Waals surface area contributed by atoms with Gasteiger partial charge in [-0.25, -0.2) is 4.98 Å². The number of hydrogen-bond donors (Lipinski definition) is 0. The first kappa shape index (κ1) is 17.3. The maximum absolute atomic E-state index is 5.66. The Balaban J connectivity index is 1.52. The molecule has 0 radical (unpaired) electrons. The summed E-state index contributed by atoms with van der Waals surface area (Å²) in [4.78, 5) is 11.8. The number of likely N-dealkylation sites (tertiary alicyclic amines) is 1. The van der Waals surface area contributed by atoms with Gasteiger partial charge in [0.2, 0.25) is 0 Å². The van der Waals surface area contributed by atoms with E-state index in [0.29, 0.717) is 25.0 Å². The van der Waals surface area contributed by atoms with Crippen LogP contribution in [0.15, 0.2) is 24.3 Å². The average molecular weight is 353 g/mol. The van der Waals surface area contributed by atoms with E-state index in [1.165, 1.54) is 18.4 Å². The predicted octanol–water partition coefficient (Wildman–Crippen LogP) is 3.81. The molecule has 1 saturated heterocycles. The van der Waals surface area contributed by atoms with Crippen molar-refractivity contribution in [2.45, 2.75) is 45.6 Å². The zero-order chi connectivity index (χ0) is 18.1. The van der Waals surface area contributed by atoms with Crippen LogP contribution in [0, 0.1) is 13.8 Å². The number of hydrogen-bond acceptors (Lipinski definition) is 5. The SMILES string of the molecule is Cc1cc([C@@H]2CCCN([C@H](C)c3ccc4c(n3)OCCO4)C2)cc(C)n1. The van der Waals surface area contributed by atoms with Crippen molar-refractivity contribution in [3.8, 4) is 11.6 Å². The van der Waals surface area contributed by atoms with Gasteiger partial charge in [-0.05, 0) is 75.9 Å². The molecule has 0 bridgehead atoms. The molecule has 138 valence electrons. The minimum Gasteiger partial charge on any atom is -0.484 e. The van der Waals surface area contributed by atoms with Crippen LogP contribution >= 0.6 is 0 Å². The lowest BCUT2D eigenvalue weighted by atomic mass is 9.89. The molecule has 4 heterocycles. The highest BCUT2D eigenvalue weighted by Gasteiger charge is 2.27. The number of fused-ring (bicyclic) bond motifs is 1. The van der Waals surface area contributed by atoms with Crippen LogP contribution in [0.2, 0.25) is 0 Å². The van der Waals surface area contributed by atoms with Gasteiger partial charge in [0.1, 0.15) is 13.2 Å². The van der Waals surface area contributed by atoms with E-state index >= 15 is 0 Å². The van der Waals surface area contributed by atoms with Gasteiger partial charge in [-0.3, -0.25) is 9.88 Å². The number of piperidine rings is 1. The van der Waals surface area contributed by atoms with Crippen molar-refractivity contribution in [2.75, 3.05) is 26.3 Å². The van der Waals surface area contributed by atoms with Crippen molar-refractivity contribution in [2.24, 2.45) is 0 Å². The van der Waals surface area contributed by atoms with Crippen molar-refractivity contribution in [3.63, 3.8) is 0 Å². The first-order valence-corrected chi connectivity index (χ1v) is 9.56. The van der Waals surface area contributed by atoms with Crippen molar-refractivity contribution in [1.82, 2.24) is 14.9 Å². The molecule has 0 saturated carbocycles. The van der Waals surface area contributed by atoms with Crippen LogP contribution in [-0.4, -0.2) is 41.2 Å². The number of nitrogens with zero attached hydrogens (tertiary/aromatic N) is 3. The van der Waals surface area contributed by atoms with E-state index in [0.717, 1.165) is 35.9 Å². The fourth-order valence-electron chi connectivity index (χ4n) is 4.10. The molecule has 2 aromatic heterocycles. The topological polar surface area (TPSA) is 47.5 Å². The van der Waals surface area contributed by atoms with Crippen LogP contribution in [0.3, 0.4) is 0 Å². The van der Waals surface area contributed by atoms with Gasteiger partial charge in [-0.15, -0.1) is 0 Å². The summed E-state index contributed by atoms with van der Waals surface area (Å²) in [5, 5.41) is 0. The minimum atomic E-state index is 0.262. The van der Waals surface area contributed by atoms with Crippen molar-refractivity contribution >= 4 is 0 Å². The highest BCUT2D eigenvalue weighted by molar-refractivity contribution is 5.36. The van der Waals surface area contributed by atoms with E-state index in [2.05, 4.69) is 48.9 Å². The van der Waals surface area contributed by atoms with Gasteiger partial charge in [-0.2, -0.15) is 0 Å². The van der Waals surface area contributed by atoms with Gasteiger partial charge >= 0.3 is 0 Å². The summed E-state index contributed by atoms with van der Waals surface area (Å²) in [5.74, 6) is 1.95. The Labute approximate surface area is 155 Å². The van der Waals surface area contributed by atoms with Crippen LogP contribution in [-0.2, 0) is 0 Å². The summed E-state index contributed by atoms with van der Waals surface area (Å²) in [5.41, 5.74) is 4.69. The smallest absolute Gasteiger partial charge is 0.257 e.